The molecule has 0 unspecified atom stereocenters. The van der Waals surface area contributed by atoms with Crippen LogP contribution in [0, 0.1) is 0 Å². The van der Waals surface area contributed by atoms with Gasteiger partial charge in [0.05, 0.1) is 5.69 Å². The summed E-state index contributed by atoms with van der Waals surface area (Å²) in [5.74, 6) is -0.0644. The lowest BCUT2D eigenvalue weighted by Crippen LogP contribution is -2.45. The van der Waals surface area contributed by atoms with Crippen LogP contribution in [0.5, 0.6) is 0 Å². The van der Waals surface area contributed by atoms with Gasteiger partial charge in [-0.3, -0.25) is 4.79 Å². The molecule has 0 atom stereocenters. The van der Waals surface area contributed by atoms with Gasteiger partial charge in [0.1, 0.15) is 5.69 Å². The van der Waals surface area contributed by atoms with E-state index >= 15 is 0 Å². The first kappa shape index (κ1) is 12.6. The second-order valence-corrected chi connectivity index (χ2v) is 4.49. The van der Waals surface area contributed by atoms with Crippen LogP contribution < -0.4 is 11.1 Å². The summed E-state index contributed by atoms with van der Waals surface area (Å²) in [5.41, 5.74) is 6.72. The van der Waals surface area contributed by atoms with Crippen LogP contribution in [0.25, 0.3) is 0 Å². The smallest absolute Gasteiger partial charge is 0.268 e. The standard InChI is InChI=1S/C12H21N3O/c1-5-12(3,6-2)14-11(16)10-7-9(13)8-15(10)4/h7-8H,5-6,13H2,1-4H3,(H,14,16). The Kier molecular flexibility index (Phi) is 3.62. The lowest BCUT2D eigenvalue weighted by atomic mass is 9.95. The van der Waals surface area contributed by atoms with Crippen LogP contribution in [0.2, 0.25) is 0 Å². The second kappa shape index (κ2) is 4.60. The Balaban J connectivity index is 2.84. The largest absolute Gasteiger partial charge is 0.397 e. The third-order valence-corrected chi connectivity index (χ3v) is 3.23. The molecule has 0 spiro atoms. The van der Waals surface area contributed by atoms with Gasteiger partial charge >= 0.3 is 0 Å². The fourth-order valence-corrected chi connectivity index (χ4v) is 1.58. The molecule has 0 aliphatic heterocycles. The first-order chi connectivity index (χ1) is 7.41. The third kappa shape index (κ3) is 2.56. The number of nitrogen functional groups attached to an aromatic ring is 1. The SMILES string of the molecule is CCC(C)(CC)NC(=O)c1cc(N)cn1C. The number of rotatable bonds is 4. The van der Waals surface area contributed by atoms with E-state index in [4.69, 9.17) is 5.73 Å². The van der Waals surface area contributed by atoms with Crippen LogP contribution in [0.15, 0.2) is 12.3 Å². The van der Waals surface area contributed by atoms with Crippen molar-refractivity contribution < 1.29 is 4.79 Å². The number of hydrogen-bond acceptors (Lipinski definition) is 2. The number of nitrogens with one attached hydrogen (secondary N) is 1. The van der Waals surface area contributed by atoms with Gasteiger partial charge in [-0.2, -0.15) is 0 Å². The summed E-state index contributed by atoms with van der Waals surface area (Å²) in [7, 11) is 1.82. The minimum Gasteiger partial charge on any atom is -0.397 e. The number of aryl methyl sites for hydroxylation is 1. The van der Waals surface area contributed by atoms with E-state index in [0.29, 0.717) is 11.4 Å². The number of amides is 1. The van der Waals surface area contributed by atoms with Gasteiger partial charge in [0.2, 0.25) is 0 Å². The van der Waals surface area contributed by atoms with Gasteiger partial charge in [0.25, 0.3) is 5.91 Å². The number of hydrogen-bond donors (Lipinski definition) is 2. The lowest BCUT2D eigenvalue weighted by Gasteiger charge is -2.28. The minimum absolute atomic E-state index is 0.0644. The molecule has 0 aliphatic carbocycles. The molecule has 0 aromatic carbocycles. The van der Waals surface area contributed by atoms with E-state index in [0.717, 1.165) is 12.8 Å². The maximum absolute atomic E-state index is 12.0. The monoisotopic (exact) mass is 223 g/mol. The average molecular weight is 223 g/mol. The van der Waals surface area contributed by atoms with Crippen molar-refractivity contribution in [2.75, 3.05) is 5.73 Å². The number of aromatic nitrogens is 1. The van der Waals surface area contributed by atoms with E-state index in [-0.39, 0.29) is 11.4 Å². The maximum Gasteiger partial charge on any atom is 0.268 e. The van der Waals surface area contributed by atoms with Gasteiger partial charge in [-0.05, 0) is 25.8 Å². The molecule has 0 saturated heterocycles. The van der Waals surface area contributed by atoms with Crippen molar-refractivity contribution >= 4 is 11.6 Å². The topological polar surface area (TPSA) is 60.1 Å². The van der Waals surface area contributed by atoms with Crippen LogP contribution in [0.4, 0.5) is 5.69 Å². The van der Waals surface area contributed by atoms with Crippen LogP contribution in [0.1, 0.15) is 44.1 Å². The summed E-state index contributed by atoms with van der Waals surface area (Å²) in [6, 6.07) is 1.70. The van der Waals surface area contributed by atoms with E-state index in [9.17, 15) is 4.79 Å². The molecule has 0 bridgehead atoms. The molecule has 4 heteroatoms. The highest BCUT2D eigenvalue weighted by molar-refractivity contribution is 5.94. The molecule has 90 valence electrons. The van der Waals surface area contributed by atoms with E-state index in [1.54, 1.807) is 16.8 Å². The Labute approximate surface area is 96.8 Å². The minimum atomic E-state index is -0.143. The predicted molar refractivity (Wildman–Crippen MR) is 66.3 cm³/mol. The van der Waals surface area contributed by atoms with Crippen molar-refractivity contribution in [1.29, 1.82) is 0 Å². The molecule has 3 N–H and O–H groups in total. The van der Waals surface area contributed by atoms with Gasteiger partial charge in [0, 0.05) is 18.8 Å². The van der Waals surface area contributed by atoms with Crippen molar-refractivity contribution in [3.05, 3.63) is 18.0 Å². The molecule has 0 saturated carbocycles. The maximum atomic E-state index is 12.0. The van der Waals surface area contributed by atoms with Gasteiger partial charge in [-0.1, -0.05) is 13.8 Å². The first-order valence-electron chi connectivity index (χ1n) is 5.66. The predicted octanol–water partition coefficient (Wildman–Crippen LogP) is 1.92. The Hall–Kier alpha value is -1.45. The number of nitrogens with zero attached hydrogens (tertiary/aromatic N) is 1. The molecule has 1 heterocycles. The molecule has 0 fully saturated rings. The molecular formula is C12H21N3O. The molecule has 16 heavy (non-hydrogen) atoms. The zero-order valence-electron chi connectivity index (χ0n) is 10.5. The summed E-state index contributed by atoms with van der Waals surface area (Å²) in [6.45, 7) is 6.20. The summed E-state index contributed by atoms with van der Waals surface area (Å²) in [6.07, 6.45) is 3.56. The van der Waals surface area contributed by atoms with Crippen molar-refractivity contribution in [2.24, 2.45) is 7.05 Å². The third-order valence-electron chi connectivity index (χ3n) is 3.23. The van der Waals surface area contributed by atoms with Gasteiger partial charge < -0.3 is 15.6 Å². The summed E-state index contributed by atoms with van der Waals surface area (Å²) < 4.78 is 1.75. The van der Waals surface area contributed by atoms with Crippen molar-refractivity contribution in [3.8, 4) is 0 Å². The van der Waals surface area contributed by atoms with Crippen LogP contribution >= 0.6 is 0 Å². The highest BCUT2D eigenvalue weighted by atomic mass is 16.2. The molecule has 0 aliphatic rings. The zero-order chi connectivity index (χ0) is 12.3. The Morgan fingerprint density at radius 1 is 1.50 bits per heavy atom. The summed E-state index contributed by atoms with van der Waals surface area (Å²) >= 11 is 0. The molecule has 1 aromatic rings. The van der Waals surface area contributed by atoms with E-state index in [1.165, 1.54) is 0 Å². The first-order valence-corrected chi connectivity index (χ1v) is 5.66. The number of nitrogens with two attached hydrogens (primary N) is 1. The van der Waals surface area contributed by atoms with Crippen LogP contribution in [0.3, 0.4) is 0 Å². The molecule has 1 amide bonds. The summed E-state index contributed by atoms with van der Waals surface area (Å²) in [5, 5.41) is 3.05. The van der Waals surface area contributed by atoms with Crippen molar-refractivity contribution in [2.45, 2.75) is 39.2 Å². The summed E-state index contributed by atoms with van der Waals surface area (Å²) in [4.78, 5) is 12.0. The number of carbonyl (C=O) groups excluding carboxylic acids is 1. The Bertz CT molecular complexity index is 378. The zero-order valence-corrected chi connectivity index (χ0v) is 10.5. The molecular weight excluding hydrogens is 202 g/mol. The van der Waals surface area contributed by atoms with Crippen LogP contribution in [-0.4, -0.2) is 16.0 Å². The van der Waals surface area contributed by atoms with Gasteiger partial charge in [-0.25, -0.2) is 0 Å². The highest BCUT2D eigenvalue weighted by Crippen LogP contribution is 2.16. The van der Waals surface area contributed by atoms with E-state index in [2.05, 4.69) is 26.1 Å². The average Bonchev–Trinajstić information content (AvgIpc) is 2.57. The Morgan fingerprint density at radius 3 is 2.44 bits per heavy atom. The Morgan fingerprint density at radius 2 is 2.06 bits per heavy atom. The van der Waals surface area contributed by atoms with E-state index in [1.807, 2.05) is 7.05 Å². The lowest BCUT2D eigenvalue weighted by molar-refractivity contribution is 0.0892. The highest BCUT2D eigenvalue weighted by Gasteiger charge is 2.23. The molecule has 1 aromatic heterocycles. The number of anilines is 1. The van der Waals surface area contributed by atoms with Gasteiger partial charge in [-0.15, -0.1) is 0 Å². The fourth-order valence-electron chi connectivity index (χ4n) is 1.58. The van der Waals surface area contributed by atoms with E-state index < -0.39 is 0 Å². The van der Waals surface area contributed by atoms with Crippen LogP contribution in [-0.2, 0) is 7.05 Å². The fraction of sp³-hybridized carbons (Fsp3) is 0.583. The quantitative estimate of drug-likeness (QED) is 0.819. The van der Waals surface area contributed by atoms with Crippen molar-refractivity contribution in [1.82, 2.24) is 9.88 Å². The second-order valence-electron chi connectivity index (χ2n) is 4.49. The molecule has 4 nitrogen and oxygen atoms in total. The molecule has 1 rings (SSSR count). The number of carbonyl (C=O) groups is 1. The van der Waals surface area contributed by atoms with Gasteiger partial charge in [0.15, 0.2) is 0 Å². The van der Waals surface area contributed by atoms with Crippen molar-refractivity contribution in [3.63, 3.8) is 0 Å². The normalized spacial score (nSPS) is 11.5. The molecule has 0 radical (unpaired) electrons.